The van der Waals surface area contributed by atoms with E-state index in [4.69, 9.17) is 0 Å². The zero-order valence-electron chi connectivity index (χ0n) is 63.7. The highest BCUT2D eigenvalue weighted by molar-refractivity contribution is 5.96. The Balaban J connectivity index is 0.000000126. The van der Waals surface area contributed by atoms with Gasteiger partial charge < -0.3 is 0 Å². The number of unbranched alkanes of at least 4 members (excludes halogenated alkanes) is 1. The summed E-state index contributed by atoms with van der Waals surface area (Å²) in [7, 11) is 10.3. The fourth-order valence-electron chi connectivity index (χ4n) is 15.1. The van der Waals surface area contributed by atoms with Crippen molar-refractivity contribution in [3.8, 4) is 11.4 Å². The standard InChI is InChI=1S/C20H23N2O.C19H27N2.C16H15N2O.C15H23N2.C10H13N2.C9H11N2/c1-3-4-12-17(23)15-22-19-14-9-8-13-18(19)21(2)20(22)16-10-6-5-7-11-16;1-3-9-16(10-4-1)20-15-21(17-11-5-2-6-12-17)19-14-8-7-13-18(19)20;1-17-12-18(15-10-6-5-9-14(15)17)11-16(19)13-7-3-2-4-8-13;1-14(2,3)16-11-17(15(4,5)6)13-10-8-7-9-12(13)16;1-3-12-8-11(2)9-6-4-5-7-10(9)12;1-10-7-11(2)9-6-4-3-5-8(9)10/h5-11,13-14H,3-4,12,15H2,1-2H3;7-8,13-17H,1-6,9-12H2;2-10,12H,11H2,1H3;7-11H,1-6H3;4-8H,3H2,1-2H3;3-7H,1-2H3/q6*+1. The number of aryl methyl sites for hydroxylation is 6. The Morgan fingerprint density at radius 1 is 0.447 bits per heavy atom. The van der Waals surface area contributed by atoms with E-state index in [1.54, 1.807) is 0 Å². The van der Waals surface area contributed by atoms with Crippen LogP contribution in [-0.4, -0.2) is 39.0 Å². The monoisotopic (exact) mass is 1380 g/mol. The summed E-state index contributed by atoms with van der Waals surface area (Å²) in [4.78, 5) is 24.6. The van der Waals surface area contributed by atoms with E-state index in [-0.39, 0.29) is 16.9 Å². The molecule has 0 amide bonds. The van der Waals surface area contributed by atoms with Gasteiger partial charge >= 0.3 is 0 Å². The molecular weight excluding hydrogens is 1270 g/mol. The largest absolute Gasteiger partial charge is 0.295 e. The maximum absolute atomic E-state index is 12.4. The Hall–Kier alpha value is -10.1. The van der Waals surface area contributed by atoms with E-state index < -0.39 is 0 Å². The zero-order valence-corrected chi connectivity index (χ0v) is 63.7. The van der Waals surface area contributed by atoms with E-state index in [1.807, 2.05) is 101 Å². The third-order valence-corrected chi connectivity index (χ3v) is 20.5. The van der Waals surface area contributed by atoms with Gasteiger partial charge in [-0.2, -0.15) is 0 Å². The van der Waals surface area contributed by atoms with Crippen LogP contribution in [0.3, 0.4) is 0 Å². The summed E-state index contributed by atoms with van der Waals surface area (Å²) >= 11 is 0. The molecule has 2 fully saturated rings. The van der Waals surface area contributed by atoms with Crippen LogP contribution in [-0.2, 0) is 70.7 Å². The third-order valence-electron chi connectivity index (χ3n) is 20.5. The van der Waals surface area contributed by atoms with Gasteiger partial charge in [0, 0.05) is 12.0 Å². The third kappa shape index (κ3) is 17.5. The predicted molar refractivity (Wildman–Crippen MR) is 418 cm³/mol. The zero-order chi connectivity index (χ0) is 72.8. The van der Waals surface area contributed by atoms with Gasteiger partial charge in [0.05, 0.1) is 47.3 Å². The molecule has 0 saturated heterocycles. The Bertz CT molecular complexity index is 4970. The number of benzene rings is 8. The molecule has 2 saturated carbocycles. The van der Waals surface area contributed by atoms with Crippen molar-refractivity contribution in [1.29, 1.82) is 0 Å². The van der Waals surface area contributed by atoms with Gasteiger partial charge in [0.15, 0.2) is 78.5 Å². The molecule has 14 nitrogen and oxygen atoms in total. The number of aromatic nitrogens is 12. The molecule has 2 aliphatic rings. The highest BCUT2D eigenvalue weighted by Crippen LogP contribution is 2.33. The van der Waals surface area contributed by atoms with E-state index >= 15 is 0 Å². The molecule has 6 aromatic heterocycles. The minimum Gasteiger partial charge on any atom is -0.295 e. The van der Waals surface area contributed by atoms with E-state index in [2.05, 4.69) is 282 Å². The molecular formula is C89H112N12O2+6. The lowest BCUT2D eigenvalue weighted by Crippen LogP contribution is -2.49. The first-order valence-electron chi connectivity index (χ1n) is 37.7. The lowest BCUT2D eigenvalue weighted by molar-refractivity contribution is -0.731. The molecule has 8 aromatic carbocycles. The van der Waals surface area contributed by atoms with E-state index in [0.717, 1.165) is 70.5 Å². The molecule has 14 aromatic rings. The molecule has 0 N–H and O–H groups in total. The summed E-state index contributed by atoms with van der Waals surface area (Å²) in [5.74, 6) is 1.50. The molecule has 0 atom stereocenters. The van der Waals surface area contributed by atoms with Crippen LogP contribution in [0.25, 0.3) is 77.6 Å². The molecule has 2 aliphatic carbocycles. The minimum absolute atomic E-state index is 0.107. The number of para-hydroxylation sites is 12. The Labute approximate surface area is 610 Å². The van der Waals surface area contributed by atoms with Crippen LogP contribution in [0.5, 0.6) is 0 Å². The van der Waals surface area contributed by atoms with Gasteiger partial charge in [-0.1, -0.05) is 148 Å². The summed E-state index contributed by atoms with van der Waals surface area (Å²) in [5, 5.41) is 0. The topological polar surface area (TPSA) is 87.0 Å². The molecule has 6 heterocycles. The second-order valence-corrected chi connectivity index (χ2v) is 30.1. The van der Waals surface area contributed by atoms with Gasteiger partial charge in [-0.3, -0.25) is 9.59 Å². The normalized spacial score (nSPS) is 13.5. The van der Waals surface area contributed by atoms with Gasteiger partial charge in [0.2, 0.25) is 37.4 Å². The molecule has 0 spiro atoms. The summed E-state index contributed by atoms with van der Waals surface area (Å²) in [5.41, 5.74) is 17.2. The van der Waals surface area contributed by atoms with E-state index in [0.29, 0.717) is 25.3 Å². The van der Waals surface area contributed by atoms with Crippen LogP contribution in [0.1, 0.15) is 161 Å². The van der Waals surface area contributed by atoms with Crippen LogP contribution in [0, 0.1) is 0 Å². The first kappa shape index (κ1) is 74.1. The Morgan fingerprint density at radius 3 is 1.48 bits per heavy atom. The fraction of sp³-hybridized carbons (Fsp3) is 0.371. The van der Waals surface area contributed by atoms with Crippen molar-refractivity contribution >= 4 is 77.8 Å². The molecule has 534 valence electrons. The van der Waals surface area contributed by atoms with Gasteiger partial charge in [0.1, 0.15) is 29.7 Å². The summed E-state index contributed by atoms with van der Waals surface area (Å²) in [6.07, 6.45) is 27.5. The van der Waals surface area contributed by atoms with Crippen LogP contribution < -0.4 is 27.4 Å². The highest BCUT2D eigenvalue weighted by Gasteiger charge is 2.32. The molecule has 103 heavy (non-hydrogen) atoms. The van der Waals surface area contributed by atoms with Crippen molar-refractivity contribution in [2.24, 2.45) is 35.2 Å². The molecule has 0 radical (unpaired) electrons. The van der Waals surface area contributed by atoms with Crippen LogP contribution in [0.15, 0.2) is 238 Å². The van der Waals surface area contributed by atoms with Crippen molar-refractivity contribution in [2.45, 2.75) is 182 Å². The number of carbonyl (C=O) groups is 2. The fourth-order valence-corrected chi connectivity index (χ4v) is 15.1. The second-order valence-electron chi connectivity index (χ2n) is 30.1. The van der Waals surface area contributed by atoms with Crippen LogP contribution in [0.2, 0.25) is 0 Å². The SMILES string of the molecule is CC(C)(C)n1c[n+](C(C)(C)C)c2ccccc21.CCCCC(=O)Cn1c(-c2ccccc2)[n+](C)c2ccccc21.CCn1c[n+](C)c2ccccc21.C[n+]1cn(CC(=O)c2ccccc2)c2ccccc21.Cn1c[n+](C)c2ccccc21.c1ccc2c(c1)n(C1CCCCC1)c[n+]2C1CCCCC1. The number of imidazole rings is 6. The van der Waals surface area contributed by atoms with E-state index in [1.165, 1.54) is 108 Å². The number of rotatable bonds is 12. The lowest BCUT2D eigenvalue weighted by atomic mass is 9.95. The summed E-state index contributed by atoms with van der Waals surface area (Å²) in [6, 6.07) is 72.0. The molecule has 0 bridgehead atoms. The first-order chi connectivity index (χ1) is 49.7. The smallest absolute Gasteiger partial charge is 0.290 e. The van der Waals surface area contributed by atoms with Crippen molar-refractivity contribution in [1.82, 2.24) is 27.4 Å². The van der Waals surface area contributed by atoms with Gasteiger partial charge in [-0.05, 0) is 191 Å². The highest BCUT2D eigenvalue weighted by atomic mass is 16.1. The number of nitrogens with zero attached hydrogens (tertiary/aromatic N) is 12. The van der Waals surface area contributed by atoms with Crippen LogP contribution >= 0.6 is 0 Å². The lowest BCUT2D eigenvalue weighted by Gasteiger charge is -2.20. The Morgan fingerprint density at radius 2 is 0.913 bits per heavy atom. The number of hydrogen-bond acceptors (Lipinski definition) is 2. The minimum atomic E-state index is 0.107. The quantitative estimate of drug-likeness (QED) is 0.0901. The van der Waals surface area contributed by atoms with Gasteiger partial charge in [0.25, 0.3) is 5.82 Å². The molecule has 16 rings (SSSR count). The van der Waals surface area contributed by atoms with E-state index in [9.17, 15) is 9.59 Å². The number of fused-ring (bicyclic) bond motifs is 6. The number of ketones is 2. The van der Waals surface area contributed by atoms with Crippen molar-refractivity contribution in [3.63, 3.8) is 0 Å². The van der Waals surface area contributed by atoms with Crippen molar-refractivity contribution in [2.75, 3.05) is 0 Å². The average molecular weight is 1380 g/mol. The molecule has 0 unspecified atom stereocenters. The van der Waals surface area contributed by atoms with Gasteiger partial charge in [-0.15, -0.1) is 0 Å². The number of hydrogen-bond donors (Lipinski definition) is 0. The van der Waals surface area contributed by atoms with Crippen LogP contribution in [0.4, 0.5) is 0 Å². The Kier molecular flexibility index (Phi) is 24.3. The predicted octanol–water partition coefficient (Wildman–Crippen LogP) is 17.1. The maximum Gasteiger partial charge on any atom is 0.290 e. The van der Waals surface area contributed by atoms with Crippen molar-refractivity contribution < 1.29 is 37.0 Å². The summed E-state index contributed by atoms with van der Waals surface area (Å²) in [6.45, 7) is 19.6. The van der Waals surface area contributed by atoms with Crippen molar-refractivity contribution in [3.05, 3.63) is 243 Å². The summed E-state index contributed by atoms with van der Waals surface area (Å²) < 4.78 is 26.9. The maximum atomic E-state index is 12.4. The number of carbonyl (C=O) groups excluding carboxylic acids is 2. The second kappa shape index (κ2) is 33.8. The first-order valence-corrected chi connectivity index (χ1v) is 37.7. The average Bonchev–Trinajstić information content (AvgIpc) is 1.64. The molecule has 0 aliphatic heterocycles. The molecule has 14 heteroatoms. The number of Topliss-reactive ketones (excluding diaryl/α,β-unsaturated/α-hetero) is 2. The van der Waals surface area contributed by atoms with Gasteiger partial charge in [-0.25, -0.2) is 54.8 Å².